The molecule has 0 aliphatic heterocycles. The maximum Gasteiger partial charge on any atom is 0.122 e. The minimum atomic E-state index is 0.938. The molecule has 0 aliphatic carbocycles. The second kappa shape index (κ2) is 9.29. The molecule has 0 aromatic heterocycles. The molecule has 0 atom stereocenters. The van der Waals surface area contributed by atoms with Crippen LogP contribution in [-0.2, 0) is 12.3 Å². The molecule has 0 bridgehead atoms. The van der Waals surface area contributed by atoms with Crippen molar-refractivity contribution in [3.8, 4) is 5.75 Å². The topological polar surface area (TPSA) is 21.3 Å². The summed E-state index contributed by atoms with van der Waals surface area (Å²) in [5.74, 6) is 3.29. The lowest BCUT2D eigenvalue weighted by molar-refractivity contribution is 0.411. The lowest BCUT2D eigenvalue weighted by atomic mass is 10.1. The number of unbranched alkanes of at least 4 members (excludes halogenated alkanes) is 1. The van der Waals surface area contributed by atoms with Crippen LogP contribution in [0.3, 0.4) is 0 Å². The van der Waals surface area contributed by atoms with Crippen LogP contribution in [-0.4, -0.2) is 19.4 Å². The summed E-state index contributed by atoms with van der Waals surface area (Å²) in [6, 6.07) is 6.49. The zero-order chi connectivity index (χ0) is 13.2. The third kappa shape index (κ3) is 5.32. The van der Waals surface area contributed by atoms with Gasteiger partial charge in [-0.1, -0.05) is 26.3 Å². The molecule has 0 heterocycles. The lowest BCUT2D eigenvalue weighted by Crippen LogP contribution is -2.11. The second-order valence-electron chi connectivity index (χ2n) is 4.33. The van der Waals surface area contributed by atoms with Gasteiger partial charge in [0.05, 0.1) is 7.11 Å². The maximum absolute atomic E-state index is 5.43. The molecule has 3 heteroatoms. The van der Waals surface area contributed by atoms with Crippen LogP contribution in [0, 0.1) is 0 Å². The van der Waals surface area contributed by atoms with E-state index in [9.17, 15) is 0 Å². The van der Waals surface area contributed by atoms with Crippen molar-refractivity contribution < 1.29 is 4.74 Å². The molecule has 1 aromatic carbocycles. The van der Waals surface area contributed by atoms with Gasteiger partial charge in [-0.25, -0.2) is 0 Å². The molecule has 1 aromatic rings. The van der Waals surface area contributed by atoms with Crippen molar-refractivity contribution in [2.75, 3.05) is 19.4 Å². The third-order valence-corrected chi connectivity index (χ3v) is 3.92. The van der Waals surface area contributed by atoms with Gasteiger partial charge in [0.2, 0.25) is 0 Å². The molecule has 1 rings (SSSR count). The monoisotopic (exact) mass is 267 g/mol. The summed E-state index contributed by atoms with van der Waals surface area (Å²) in [6.45, 7) is 6.31. The predicted octanol–water partition coefficient (Wildman–Crippen LogP) is 3.84. The molecule has 0 saturated carbocycles. The van der Waals surface area contributed by atoms with E-state index in [2.05, 4.69) is 37.4 Å². The van der Waals surface area contributed by atoms with Gasteiger partial charge < -0.3 is 10.1 Å². The lowest BCUT2D eigenvalue weighted by Gasteiger charge is -2.11. The van der Waals surface area contributed by atoms with Crippen LogP contribution in [0.4, 0.5) is 0 Å². The first-order chi connectivity index (χ1) is 8.81. The summed E-state index contributed by atoms with van der Waals surface area (Å²) >= 11 is 1.99. The first-order valence-electron chi connectivity index (χ1n) is 6.76. The van der Waals surface area contributed by atoms with Crippen molar-refractivity contribution in [2.24, 2.45) is 0 Å². The van der Waals surface area contributed by atoms with Gasteiger partial charge in [0.1, 0.15) is 5.75 Å². The van der Waals surface area contributed by atoms with Gasteiger partial charge in [-0.3, -0.25) is 0 Å². The van der Waals surface area contributed by atoms with E-state index in [-0.39, 0.29) is 0 Å². The number of thioether (sulfide) groups is 1. The fourth-order valence-corrected chi connectivity index (χ4v) is 2.84. The van der Waals surface area contributed by atoms with E-state index in [4.69, 9.17) is 4.74 Å². The molecule has 18 heavy (non-hydrogen) atoms. The Balaban J connectivity index is 2.60. The summed E-state index contributed by atoms with van der Waals surface area (Å²) in [6.07, 6.45) is 2.56. The van der Waals surface area contributed by atoms with E-state index >= 15 is 0 Å². The summed E-state index contributed by atoms with van der Waals surface area (Å²) < 4.78 is 5.43. The minimum absolute atomic E-state index is 0.938. The average molecular weight is 267 g/mol. The molecule has 102 valence electrons. The third-order valence-electron chi connectivity index (χ3n) is 2.82. The minimum Gasteiger partial charge on any atom is -0.496 e. The van der Waals surface area contributed by atoms with Gasteiger partial charge in [-0.2, -0.15) is 11.8 Å². The number of ether oxygens (including phenoxy) is 1. The maximum atomic E-state index is 5.43. The SMILES string of the molecule is CCCCSCc1cc(CNCC)ccc1OC. The summed E-state index contributed by atoms with van der Waals surface area (Å²) in [5, 5.41) is 3.36. The van der Waals surface area contributed by atoms with Crippen LogP contribution in [0.25, 0.3) is 0 Å². The molecular weight excluding hydrogens is 242 g/mol. The highest BCUT2D eigenvalue weighted by atomic mass is 32.2. The molecular formula is C15H25NOS. The van der Waals surface area contributed by atoms with Crippen LogP contribution >= 0.6 is 11.8 Å². The largest absolute Gasteiger partial charge is 0.496 e. The molecule has 0 saturated heterocycles. The molecule has 0 radical (unpaired) electrons. The Labute approximate surface area is 116 Å². The molecule has 0 amide bonds. The Morgan fingerprint density at radius 1 is 1.28 bits per heavy atom. The van der Waals surface area contributed by atoms with E-state index < -0.39 is 0 Å². The zero-order valence-corrected chi connectivity index (χ0v) is 12.6. The Hall–Kier alpha value is -0.670. The smallest absolute Gasteiger partial charge is 0.122 e. The van der Waals surface area contributed by atoms with Crippen molar-refractivity contribution in [1.82, 2.24) is 5.32 Å². The summed E-state index contributed by atoms with van der Waals surface area (Å²) in [7, 11) is 1.75. The van der Waals surface area contributed by atoms with Crippen LogP contribution in [0.1, 0.15) is 37.8 Å². The van der Waals surface area contributed by atoms with Gasteiger partial charge in [0, 0.05) is 17.9 Å². The van der Waals surface area contributed by atoms with E-state index in [1.807, 2.05) is 11.8 Å². The molecule has 0 fully saturated rings. The van der Waals surface area contributed by atoms with E-state index in [0.29, 0.717) is 0 Å². The fourth-order valence-electron chi connectivity index (χ4n) is 1.75. The Morgan fingerprint density at radius 3 is 2.78 bits per heavy atom. The number of nitrogens with one attached hydrogen (secondary N) is 1. The molecule has 2 nitrogen and oxygen atoms in total. The van der Waals surface area contributed by atoms with Crippen molar-refractivity contribution in [2.45, 2.75) is 39.0 Å². The second-order valence-corrected chi connectivity index (χ2v) is 5.44. The number of hydrogen-bond donors (Lipinski definition) is 1. The Kier molecular flexibility index (Phi) is 7.94. The van der Waals surface area contributed by atoms with Crippen LogP contribution in [0.15, 0.2) is 18.2 Å². The average Bonchev–Trinajstić information content (AvgIpc) is 2.41. The molecule has 0 unspecified atom stereocenters. The Morgan fingerprint density at radius 2 is 2.11 bits per heavy atom. The zero-order valence-electron chi connectivity index (χ0n) is 11.8. The quantitative estimate of drug-likeness (QED) is 0.687. The highest BCUT2D eigenvalue weighted by molar-refractivity contribution is 7.98. The number of methoxy groups -OCH3 is 1. The van der Waals surface area contributed by atoms with E-state index in [0.717, 1.165) is 24.6 Å². The van der Waals surface area contributed by atoms with Gasteiger partial charge in [0.25, 0.3) is 0 Å². The number of benzene rings is 1. The summed E-state index contributed by atoms with van der Waals surface area (Å²) in [5.41, 5.74) is 2.65. The van der Waals surface area contributed by atoms with E-state index in [1.54, 1.807) is 7.11 Å². The summed E-state index contributed by atoms with van der Waals surface area (Å²) in [4.78, 5) is 0. The van der Waals surface area contributed by atoms with Crippen LogP contribution < -0.4 is 10.1 Å². The van der Waals surface area contributed by atoms with Crippen LogP contribution in [0.5, 0.6) is 5.75 Å². The van der Waals surface area contributed by atoms with Gasteiger partial charge in [0.15, 0.2) is 0 Å². The van der Waals surface area contributed by atoms with Crippen molar-refractivity contribution >= 4 is 11.8 Å². The molecule has 0 spiro atoms. The highest BCUT2D eigenvalue weighted by Gasteiger charge is 2.04. The van der Waals surface area contributed by atoms with Crippen molar-refractivity contribution in [3.63, 3.8) is 0 Å². The van der Waals surface area contributed by atoms with E-state index in [1.165, 1.54) is 29.7 Å². The molecule has 1 N–H and O–H groups in total. The van der Waals surface area contributed by atoms with Gasteiger partial charge >= 0.3 is 0 Å². The highest BCUT2D eigenvalue weighted by Crippen LogP contribution is 2.25. The predicted molar refractivity (Wildman–Crippen MR) is 81.4 cm³/mol. The normalized spacial score (nSPS) is 10.6. The van der Waals surface area contributed by atoms with Crippen molar-refractivity contribution in [1.29, 1.82) is 0 Å². The van der Waals surface area contributed by atoms with Gasteiger partial charge in [-0.15, -0.1) is 0 Å². The first-order valence-corrected chi connectivity index (χ1v) is 7.91. The fraction of sp³-hybridized carbons (Fsp3) is 0.600. The number of rotatable bonds is 9. The molecule has 0 aliphatic rings. The van der Waals surface area contributed by atoms with Gasteiger partial charge in [-0.05, 0) is 36.4 Å². The van der Waals surface area contributed by atoms with Crippen molar-refractivity contribution in [3.05, 3.63) is 29.3 Å². The first kappa shape index (κ1) is 15.4. The van der Waals surface area contributed by atoms with Crippen LogP contribution in [0.2, 0.25) is 0 Å². The number of hydrogen-bond acceptors (Lipinski definition) is 3. The standard InChI is InChI=1S/C15H25NOS/c1-4-6-9-18-12-14-10-13(11-16-5-2)7-8-15(14)17-3/h7-8,10,16H,4-6,9,11-12H2,1-3H3. The Bertz CT molecular complexity index is 341.